The molecular formula is C18H17Cl3N4OS. The predicted octanol–water partition coefficient (Wildman–Crippen LogP) is 5.79. The largest absolute Gasteiger partial charge is 0.488 e. The summed E-state index contributed by atoms with van der Waals surface area (Å²) in [6, 6.07) is 10.8. The molecule has 0 bridgehead atoms. The van der Waals surface area contributed by atoms with E-state index in [9.17, 15) is 0 Å². The van der Waals surface area contributed by atoms with Gasteiger partial charge in [-0.2, -0.15) is 5.10 Å². The van der Waals surface area contributed by atoms with Crippen LogP contribution in [0.4, 0.5) is 0 Å². The van der Waals surface area contributed by atoms with Crippen molar-refractivity contribution in [3.8, 4) is 5.75 Å². The number of nitrogens with zero attached hydrogens (tertiary/aromatic N) is 2. The monoisotopic (exact) mass is 442 g/mol. The van der Waals surface area contributed by atoms with Crippen LogP contribution >= 0.6 is 47.0 Å². The lowest BCUT2D eigenvalue weighted by Crippen LogP contribution is -2.17. The lowest BCUT2D eigenvalue weighted by molar-refractivity contribution is 0.303. The summed E-state index contributed by atoms with van der Waals surface area (Å²) in [6.45, 7) is 2.79. The van der Waals surface area contributed by atoms with Crippen molar-refractivity contribution in [3.63, 3.8) is 0 Å². The number of H-pyrrole nitrogens is 1. The van der Waals surface area contributed by atoms with Crippen LogP contribution in [0.1, 0.15) is 23.9 Å². The molecule has 0 amide bonds. The molecule has 142 valence electrons. The Bertz CT molecular complexity index is 1000. The second-order valence-electron chi connectivity index (χ2n) is 5.75. The van der Waals surface area contributed by atoms with Crippen LogP contribution in [0.3, 0.4) is 0 Å². The van der Waals surface area contributed by atoms with E-state index in [1.54, 1.807) is 22.9 Å². The van der Waals surface area contributed by atoms with Crippen molar-refractivity contribution in [2.75, 3.05) is 5.43 Å². The minimum atomic E-state index is 0.315. The van der Waals surface area contributed by atoms with Gasteiger partial charge >= 0.3 is 0 Å². The molecule has 0 fully saturated rings. The molecule has 0 aliphatic rings. The molecule has 5 nitrogen and oxygen atoms in total. The van der Waals surface area contributed by atoms with Gasteiger partial charge in [0.15, 0.2) is 5.82 Å². The van der Waals surface area contributed by atoms with Gasteiger partial charge in [0.25, 0.3) is 0 Å². The molecule has 27 heavy (non-hydrogen) atoms. The summed E-state index contributed by atoms with van der Waals surface area (Å²) >= 11 is 23.6. The summed E-state index contributed by atoms with van der Waals surface area (Å²) in [6.07, 6.45) is 0.744. The van der Waals surface area contributed by atoms with Crippen molar-refractivity contribution >= 4 is 47.0 Å². The molecule has 2 aromatic carbocycles. The number of hydrogen-bond acceptors (Lipinski definition) is 4. The van der Waals surface area contributed by atoms with E-state index in [4.69, 9.17) is 51.8 Å². The Labute approximate surface area is 177 Å². The fourth-order valence-electron chi connectivity index (χ4n) is 2.52. The first-order chi connectivity index (χ1) is 13.0. The van der Waals surface area contributed by atoms with E-state index in [2.05, 4.69) is 15.6 Å². The quantitative estimate of drug-likeness (QED) is 0.454. The van der Waals surface area contributed by atoms with Crippen LogP contribution in [0.15, 0.2) is 36.4 Å². The van der Waals surface area contributed by atoms with Gasteiger partial charge in [0, 0.05) is 32.6 Å². The third-order valence-electron chi connectivity index (χ3n) is 3.91. The van der Waals surface area contributed by atoms with Gasteiger partial charge < -0.3 is 10.2 Å². The van der Waals surface area contributed by atoms with Gasteiger partial charge in [0.1, 0.15) is 12.4 Å². The van der Waals surface area contributed by atoms with Crippen molar-refractivity contribution in [1.29, 1.82) is 0 Å². The molecule has 3 aromatic rings. The van der Waals surface area contributed by atoms with Gasteiger partial charge in [-0.3, -0.25) is 5.10 Å². The third-order valence-corrected chi connectivity index (χ3v) is 5.00. The Morgan fingerprint density at radius 2 is 1.85 bits per heavy atom. The normalized spacial score (nSPS) is 10.8. The Hall–Kier alpha value is -1.73. The number of hydrogen-bond donors (Lipinski definition) is 2. The Balaban J connectivity index is 1.76. The number of aromatic amines is 1. The van der Waals surface area contributed by atoms with Crippen molar-refractivity contribution in [1.82, 2.24) is 14.9 Å². The molecule has 0 aliphatic carbocycles. The van der Waals surface area contributed by atoms with Crippen molar-refractivity contribution < 1.29 is 4.74 Å². The van der Waals surface area contributed by atoms with Crippen LogP contribution in [-0.4, -0.2) is 14.9 Å². The second kappa shape index (κ2) is 8.97. The van der Waals surface area contributed by atoms with Gasteiger partial charge in [-0.1, -0.05) is 47.8 Å². The lowest BCUT2D eigenvalue weighted by atomic mass is 10.2. The topological polar surface area (TPSA) is 54.9 Å². The van der Waals surface area contributed by atoms with E-state index >= 15 is 0 Å². The zero-order valence-electron chi connectivity index (χ0n) is 14.4. The first-order valence-corrected chi connectivity index (χ1v) is 9.77. The van der Waals surface area contributed by atoms with Gasteiger partial charge in [0.05, 0.1) is 6.54 Å². The van der Waals surface area contributed by atoms with E-state index in [1.807, 2.05) is 25.1 Å². The summed E-state index contributed by atoms with van der Waals surface area (Å²) in [4.78, 5) is 0. The summed E-state index contributed by atoms with van der Waals surface area (Å²) in [5.74, 6) is 1.52. The van der Waals surface area contributed by atoms with E-state index in [0.717, 1.165) is 23.4 Å². The smallest absolute Gasteiger partial charge is 0.214 e. The molecule has 0 aliphatic heterocycles. The number of benzene rings is 2. The summed E-state index contributed by atoms with van der Waals surface area (Å²) < 4.78 is 8.22. The summed E-state index contributed by atoms with van der Waals surface area (Å²) in [5, 5.41) is 8.73. The number of nitrogens with one attached hydrogen (secondary N) is 2. The fraction of sp³-hybridized carbons (Fsp3) is 0.222. The molecule has 9 heteroatoms. The molecule has 0 spiro atoms. The molecule has 2 N–H and O–H groups in total. The SMILES string of the molecule is CCc1n[nH]c(=S)n1NCc1cc(Cl)ccc1OCc1ccc(Cl)cc1Cl. The van der Waals surface area contributed by atoms with Gasteiger partial charge in [-0.25, -0.2) is 4.68 Å². The summed E-state index contributed by atoms with van der Waals surface area (Å²) in [5.41, 5.74) is 4.98. The van der Waals surface area contributed by atoms with Crippen LogP contribution < -0.4 is 10.2 Å². The zero-order chi connectivity index (χ0) is 19.4. The van der Waals surface area contributed by atoms with Gasteiger partial charge in [-0.05, 0) is 42.5 Å². The minimum absolute atomic E-state index is 0.315. The molecule has 0 atom stereocenters. The summed E-state index contributed by atoms with van der Waals surface area (Å²) in [7, 11) is 0. The van der Waals surface area contributed by atoms with Gasteiger partial charge in [-0.15, -0.1) is 0 Å². The maximum atomic E-state index is 6.22. The Morgan fingerprint density at radius 3 is 2.59 bits per heavy atom. The minimum Gasteiger partial charge on any atom is -0.488 e. The Morgan fingerprint density at radius 1 is 1.11 bits per heavy atom. The zero-order valence-corrected chi connectivity index (χ0v) is 17.5. The first-order valence-electron chi connectivity index (χ1n) is 8.23. The molecule has 0 saturated heterocycles. The average Bonchev–Trinajstić information content (AvgIpc) is 3.00. The van der Waals surface area contributed by atoms with Crippen LogP contribution in [0.5, 0.6) is 5.75 Å². The van der Waals surface area contributed by atoms with E-state index in [1.165, 1.54) is 0 Å². The average molecular weight is 444 g/mol. The number of aryl methyl sites for hydroxylation is 1. The maximum absolute atomic E-state index is 6.22. The van der Waals surface area contributed by atoms with Crippen LogP contribution in [0.2, 0.25) is 15.1 Å². The number of rotatable bonds is 7. The number of aromatic nitrogens is 3. The highest BCUT2D eigenvalue weighted by Crippen LogP contribution is 2.26. The predicted molar refractivity (Wildman–Crippen MR) is 112 cm³/mol. The molecule has 1 heterocycles. The number of ether oxygens (including phenoxy) is 1. The fourth-order valence-corrected chi connectivity index (χ4v) is 3.39. The van der Waals surface area contributed by atoms with E-state index < -0.39 is 0 Å². The second-order valence-corrected chi connectivity index (χ2v) is 7.41. The first kappa shape index (κ1) is 20.0. The maximum Gasteiger partial charge on any atom is 0.214 e. The molecule has 0 saturated carbocycles. The van der Waals surface area contributed by atoms with Crippen LogP contribution in [0.25, 0.3) is 0 Å². The third kappa shape index (κ3) is 4.96. The van der Waals surface area contributed by atoms with Crippen molar-refractivity contribution in [2.24, 2.45) is 0 Å². The highest BCUT2D eigenvalue weighted by Gasteiger charge is 2.09. The standard InChI is InChI=1S/C18H17Cl3N4OS/c1-2-17-23-24-18(27)25(17)22-9-12-7-13(19)5-6-16(12)26-10-11-3-4-14(20)8-15(11)21/h3-8,22H,2,9-10H2,1H3,(H,24,27). The molecule has 3 rings (SSSR count). The molecule has 0 unspecified atom stereocenters. The molecule has 0 radical (unpaired) electrons. The van der Waals surface area contributed by atoms with E-state index in [-0.39, 0.29) is 0 Å². The highest BCUT2D eigenvalue weighted by molar-refractivity contribution is 7.71. The van der Waals surface area contributed by atoms with Gasteiger partial charge in [0.2, 0.25) is 4.77 Å². The Kier molecular flexibility index (Phi) is 6.65. The highest BCUT2D eigenvalue weighted by atomic mass is 35.5. The number of halogens is 3. The molecule has 1 aromatic heterocycles. The van der Waals surface area contributed by atoms with Crippen LogP contribution in [-0.2, 0) is 19.6 Å². The lowest BCUT2D eigenvalue weighted by Gasteiger charge is -2.15. The van der Waals surface area contributed by atoms with E-state index in [0.29, 0.717) is 38.7 Å². The van der Waals surface area contributed by atoms with Crippen molar-refractivity contribution in [2.45, 2.75) is 26.5 Å². The van der Waals surface area contributed by atoms with Crippen molar-refractivity contribution in [3.05, 3.63) is 73.2 Å². The van der Waals surface area contributed by atoms with Crippen LogP contribution in [0, 0.1) is 4.77 Å². The molecular weight excluding hydrogens is 427 g/mol.